The summed E-state index contributed by atoms with van der Waals surface area (Å²) in [6.45, 7) is 2.17. The molecular weight excluding hydrogens is 392 g/mol. The van der Waals surface area contributed by atoms with Crippen LogP contribution in [0.4, 0.5) is 4.79 Å². The molecule has 0 aromatic heterocycles. The van der Waals surface area contributed by atoms with E-state index in [4.69, 9.17) is 18.9 Å². The van der Waals surface area contributed by atoms with E-state index in [-0.39, 0.29) is 19.1 Å². The number of nitrogens with one attached hydrogen (secondary N) is 1. The molecule has 3 heterocycles. The first-order chi connectivity index (χ1) is 14.5. The molecule has 0 radical (unpaired) electrons. The fourth-order valence-corrected chi connectivity index (χ4v) is 3.70. The molecule has 0 spiro atoms. The lowest BCUT2D eigenvalue weighted by Gasteiger charge is -2.25. The first-order valence-electron chi connectivity index (χ1n) is 9.43. The van der Waals surface area contributed by atoms with Gasteiger partial charge >= 0.3 is 6.03 Å². The van der Waals surface area contributed by atoms with Gasteiger partial charge in [-0.15, -0.1) is 0 Å². The van der Waals surface area contributed by atoms with E-state index in [0.29, 0.717) is 47.3 Å². The highest BCUT2D eigenvalue weighted by atomic mass is 16.7. The number of benzene rings is 2. The number of hydrogen-bond donors (Lipinski definition) is 1. The molecule has 3 aliphatic rings. The summed E-state index contributed by atoms with van der Waals surface area (Å²) >= 11 is 0. The topological polar surface area (TPSA) is 103 Å². The van der Waals surface area contributed by atoms with Crippen molar-refractivity contribution < 1.29 is 33.3 Å². The van der Waals surface area contributed by atoms with Crippen LogP contribution in [0.5, 0.6) is 23.0 Å². The summed E-state index contributed by atoms with van der Waals surface area (Å²) in [5.74, 6) is 1.20. The van der Waals surface area contributed by atoms with Crippen molar-refractivity contribution in [2.24, 2.45) is 0 Å². The highest BCUT2D eigenvalue weighted by Gasteiger charge is 2.49. The first kappa shape index (κ1) is 18.3. The SMILES string of the molecule is C[C@@]1(c2ccc3c(c2)OCCO3)NC(=O)N(CC(=O)c2ccc3c(c2)OCO3)C1=O. The number of ether oxygens (including phenoxy) is 4. The maximum atomic E-state index is 13.1. The van der Waals surface area contributed by atoms with Crippen molar-refractivity contribution in [2.45, 2.75) is 12.5 Å². The van der Waals surface area contributed by atoms with Crippen LogP contribution in [-0.2, 0) is 10.3 Å². The summed E-state index contributed by atoms with van der Waals surface area (Å²) in [5, 5.41) is 2.70. The van der Waals surface area contributed by atoms with Crippen LogP contribution in [0.25, 0.3) is 0 Å². The molecule has 0 saturated carbocycles. The minimum absolute atomic E-state index is 0.0912. The van der Waals surface area contributed by atoms with Crippen molar-refractivity contribution in [2.75, 3.05) is 26.6 Å². The third-order valence-corrected chi connectivity index (χ3v) is 5.39. The zero-order valence-electron chi connectivity index (χ0n) is 16.1. The first-order valence-corrected chi connectivity index (χ1v) is 9.43. The number of urea groups is 1. The van der Waals surface area contributed by atoms with E-state index < -0.39 is 17.5 Å². The maximum absolute atomic E-state index is 13.1. The Morgan fingerprint density at radius 2 is 1.63 bits per heavy atom. The molecule has 1 atom stereocenters. The van der Waals surface area contributed by atoms with Gasteiger partial charge in [-0.3, -0.25) is 14.5 Å². The predicted octanol–water partition coefficient (Wildman–Crippen LogP) is 1.84. The summed E-state index contributed by atoms with van der Waals surface area (Å²) in [6.07, 6.45) is 0. The van der Waals surface area contributed by atoms with Gasteiger partial charge < -0.3 is 24.3 Å². The Morgan fingerprint density at radius 3 is 2.47 bits per heavy atom. The number of fused-ring (bicyclic) bond motifs is 2. The second-order valence-electron chi connectivity index (χ2n) is 7.30. The Balaban J connectivity index is 1.38. The fraction of sp³-hybridized carbons (Fsp3) is 0.286. The number of imide groups is 1. The van der Waals surface area contributed by atoms with E-state index >= 15 is 0 Å². The molecule has 3 aliphatic heterocycles. The lowest BCUT2D eigenvalue weighted by molar-refractivity contribution is -0.130. The monoisotopic (exact) mass is 410 g/mol. The Bertz CT molecular complexity index is 1080. The summed E-state index contributed by atoms with van der Waals surface area (Å²) < 4.78 is 21.6. The Labute approximate surface area is 171 Å². The van der Waals surface area contributed by atoms with Crippen LogP contribution in [0.1, 0.15) is 22.8 Å². The standard InChI is InChI=1S/C21H18N2O7/c1-21(13-3-5-15-18(9-13)28-7-6-27-15)19(25)23(20(26)22-21)10-14(24)12-2-4-16-17(8-12)30-11-29-16/h2-5,8-9H,6-7,10-11H2,1H3,(H,22,26)/t21-/m0/s1. The molecule has 2 aromatic rings. The lowest BCUT2D eigenvalue weighted by atomic mass is 9.91. The zero-order valence-corrected chi connectivity index (χ0v) is 16.1. The average Bonchev–Trinajstić information content (AvgIpc) is 3.31. The largest absolute Gasteiger partial charge is 0.486 e. The van der Waals surface area contributed by atoms with Crippen molar-refractivity contribution in [3.8, 4) is 23.0 Å². The van der Waals surface area contributed by atoms with Gasteiger partial charge in [0.2, 0.25) is 6.79 Å². The second-order valence-corrected chi connectivity index (χ2v) is 7.30. The van der Waals surface area contributed by atoms with Gasteiger partial charge in [-0.05, 0) is 42.8 Å². The van der Waals surface area contributed by atoms with Gasteiger partial charge in [0.1, 0.15) is 18.8 Å². The minimum Gasteiger partial charge on any atom is -0.486 e. The van der Waals surface area contributed by atoms with Crippen LogP contribution < -0.4 is 24.3 Å². The van der Waals surface area contributed by atoms with Crippen molar-refractivity contribution in [1.29, 1.82) is 0 Å². The van der Waals surface area contributed by atoms with Crippen LogP contribution in [0.3, 0.4) is 0 Å². The van der Waals surface area contributed by atoms with Crippen LogP contribution in [0, 0.1) is 0 Å². The molecule has 9 nitrogen and oxygen atoms in total. The summed E-state index contributed by atoms with van der Waals surface area (Å²) in [4.78, 5) is 39.3. The Hall–Kier alpha value is -3.75. The normalized spacial score (nSPS) is 21.6. The van der Waals surface area contributed by atoms with E-state index in [1.54, 1.807) is 43.3 Å². The summed E-state index contributed by atoms with van der Waals surface area (Å²) in [7, 11) is 0. The number of ketones is 1. The van der Waals surface area contributed by atoms with Crippen LogP contribution in [0.15, 0.2) is 36.4 Å². The molecule has 3 amide bonds. The van der Waals surface area contributed by atoms with E-state index in [0.717, 1.165) is 4.90 Å². The predicted molar refractivity (Wildman–Crippen MR) is 102 cm³/mol. The molecule has 5 rings (SSSR count). The van der Waals surface area contributed by atoms with Crippen LogP contribution >= 0.6 is 0 Å². The third-order valence-electron chi connectivity index (χ3n) is 5.39. The quantitative estimate of drug-likeness (QED) is 0.606. The summed E-state index contributed by atoms with van der Waals surface area (Å²) in [5.41, 5.74) is -0.446. The van der Waals surface area contributed by atoms with Gasteiger partial charge in [0.15, 0.2) is 28.8 Å². The van der Waals surface area contributed by atoms with E-state index in [2.05, 4.69) is 5.32 Å². The summed E-state index contributed by atoms with van der Waals surface area (Å²) in [6, 6.07) is 9.20. The minimum atomic E-state index is -1.32. The van der Waals surface area contributed by atoms with Gasteiger partial charge in [0.05, 0.1) is 6.54 Å². The molecule has 1 fully saturated rings. The second kappa shape index (κ2) is 6.65. The molecule has 154 valence electrons. The van der Waals surface area contributed by atoms with Gasteiger partial charge in [-0.25, -0.2) is 4.79 Å². The van der Waals surface area contributed by atoms with Gasteiger partial charge in [-0.2, -0.15) is 0 Å². The number of nitrogens with zero attached hydrogens (tertiary/aromatic N) is 1. The van der Waals surface area contributed by atoms with Crippen LogP contribution in [0.2, 0.25) is 0 Å². The molecule has 0 unspecified atom stereocenters. The third kappa shape index (κ3) is 2.81. The van der Waals surface area contributed by atoms with Crippen molar-refractivity contribution in [3.63, 3.8) is 0 Å². The van der Waals surface area contributed by atoms with Crippen LogP contribution in [-0.4, -0.2) is 49.2 Å². The molecule has 30 heavy (non-hydrogen) atoms. The smallest absolute Gasteiger partial charge is 0.325 e. The number of hydrogen-bond acceptors (Lipinski definition) is 7. The molecule has 9 heteroatoms. The number of rotatable bonds is 4. The fourth-order valence-electron chi connectivity index (χ4n) is 3.70. The molecule has 1 saturated heterocycles. The van der Waals surface area contributed by atoms with E-state index in [1.807, 2.05) is 0 Å². The molecule has 0 bridgehead atoms. The highest BCUT2D eigenvalue weighted by Crippen LogP contribution is 2.37. The lowest BCUT2D eigenvalue weighted by Crippen LogP contribution is -2.41. The molecule has 1 N–H and O–H groups in total. The maximum Gasteiger partial charge on any atom is 0.325 e. The Morgan fingerprint density at radius 1 is 0.967 bits per heavy atom. The molecular formula is C21H18N2O7. The van der Waals surface area contributed by atoms with Gasteiger partial charge in [0, 0.05) is 5.56 Å². The average molecular weight is 410 g/mol. The number of amides is 3. The van der Waals surface area contributed by atoms with E-state index in [9.17, 15) is 14.4 Å². The number of Topliss-reactive ketones (excluding diaryl/α,β-unsaturated/α-hetero) is 1. The Kier molecular flexibility index (Phi) is 4.05. The van der Waals surface area contributed by atoms with E-state index in [1.165, 1.54) is 0 Å². The molecule has 2 aromatic carbocycles. The number of carbonyl (C=O) groups excluding carboxylic acids is 3. The van der Waals surface area contributed by atoms with Crippen molar-refractivity contribution >= 4 is 17.7 Å². The highest BCUT2D eigenvalue weighted by molar-refractivity contribution is 6.11. The molecule has 0 aliphatic carbocycles. The van der Waals surface area contributed by atoms with Crippen molar-refractivity contribution in [1.82, 2.24) is 10.2 Å². The zero-order chi connectivity index (χ0) is 20.9. The number of carbonyl (C=O) groups is 3. The van der Waals surface area contributed by atoms with Gasteiger partial charge in [-0.1, -0.05) is 6.07 Å². The van der Waals surface area contributed by atoms with Gasteiger partial charge in [0.25, 0.3) is 5.91 Å². The van der Waals surface area contributed by atoms with Crippen molar-refractivity contribution in [3.05, 3.63) is 47.5 Å².